The van der Waals surface area contributed by atoms with Gasteiger partial charge in [0.05, 0.1) is 17.8 Å². The van der Waals surface area contributed by atoms with Crippen LogP contribution in [0, 0.1) is 6.92 Å². The predicted molar refractivity (Wildman–Crippen MR) is 143 cm³/mol. The van der Waals surface area contributed by atoms with Gasteiger partial charge < -0.3 is 20.1 Å². The molecule has 2 aromatic heterocycles. The standard InChI is InChI=1S/C28H33N5OS/c1-20-10-5-6-13-22(20)30-25(34)16-19-33-27(26(31-28(33)35)23-14-7-8-17-29-23)24-15-9-18-32(24)21-11-3-2-4-12-21/h5-10,13-15,17-18,21,26-27H,2-4,11-12,16,19H2,1H3,(H,30,34)(H,31,35)/t26-,27+/m0/s1. The molecule has 5 rings (SSSR count). The van der Waals surface area contributed by atoms with Crippen LogP contribution in [0.3, 0.4) is 0 Å². The number of para-hydroxylation sites is 1. The highest BCUT2D eigenvalue weighted by molar-refractivity contribution is 7.80. The number of hydrogen-bond acceptors (Lipinski definition) is 3. The molecule has 2 N–H and O–H groups in total. The largest absolute Gasteiger partial charge is 0.352 e. The van der Waals surface area contributed by atoms with Gasteiger partial charge in [-0.1, -0.05) is 43.5 Å². The fraction of sp³-hybridized carbons (Fsp3) is 0.393. The number of thiocarbonyl (C=S) groups is 1. The van der Waals surface area contributed by atoms with Gasteiger partial charge in [0.1, 0.15) is 0 Å². The van der Waals surface area contributed by atoms with E-state index in [9.17, 15) is 4.79 Å². The van der Waals surface area contributed by atoms with Gasteiger partial charge in [-0.15, -0.1) is 0 Å². The van der Waals surface area contributed by atoms with Crippen molar-refractivity contribution >= 4 is 28.9 Å². The molecule has 2 fully saturated rings. The van der Waals surface area contributed by atoms with Crippen molar-refractivity contribution in [3.05, 3.63) is 83.9 Å². The van der Waals surface area contributed by atoms with Gasteiger partial charge in [-0.25, -0.2) is 0 Å². The molecule has 1 aliphatic carbocycles. The Kier molecular flexibility index (Phi) is 7.13. The first-order chi connectivity index (χ1) is 17.1. The third-order valence-electron chi connectivity index (χ3n) is 7.28. The molecule has 1 aromatic carbocycles. The van der Waals surface area contributed by atoms with Crippen LogP contribution in [0.2, 0.25) is 0 Å². The Morgan fingerprint density at radius 1 is 1.09 bits per heavy atom. The molecule has 182 valence electrons. The summed E-state index contributed by atoms with van der Waals surface area (Å²) in [7, 11) is 0. The molecule has 2 aliphatic rings. The van der Waals surface area contributed by atoms with Crippen LogP contribution in [0.1, 0.15) is 73.6 Å². The van der Waals surface area contributed by atoms with E-state index in [1.807, 2.05) is 49.5 Å². The van der Waals surface area contributed by atoms with Crippen LogP contribution in [0.4, 0.5) is 5.69 Å². The van der Waals surface area contributed by atoms with Crippen LogP contribution < -0.4 is 10.6 Å². The van der Waals surface area contributed by atoms with Crippen LogP contribution in [0.5, 0.6) is 0 Å². The molecule has 0 bridgehead atoms. The molecular formula is C28H33N5OS. The second kappa shape index (κ2) is 10.6. The van der Waals surface area contributed by atoms with Gasteiger partial charge in [0, 0.05) is 42.8 Å². The SMILES string of the molecule is Cc1ccccc1NC(=O)CCN1C(=S)N[C@@H](c2ccccn2)[C@H]1c1cccn1C1CCCCC1. The number of benzene rings is 1. The number of nitrogens with zero attached hydrogens (tertiary/aromatic N) is 3. The lowest BCUT2D eigenvalue weighted by molar-refractivity contribution is -0.116. The monoisotopic (exact) mass is 487 g/mol. The van der Waals surface area contributed by atoms with Gasteiger partial charge in [-0.2, -0.15) is 0 Å². The number of hydrogen-bond donors (Lipinski definition) is 2. The fourth-order valence-electron chi connectivity index (χ4n) is 5.47. The molecule has 7 heteroatoms. The molecule has 6 nitrogen and oxygen atoms in total. The maximum absolute atomic E-state index is 12.9. The quantitative estimate of drug-likeness (QED) is 0.419. The summed E-state index contributed by atoms with van der Waals surface area (Å²) in [5, 5.41) is 7.25. The lowest BCUT2D eigenvalue weighted by Gasteiger charge is -2.32. The van der Waals surface area contributed by atoms with Crippen LogP contribution in [0.15, 0.2) is 67.0 Å². The smallest absolute Gasteiger partial charge is 0.226 e. The summed E-state index contributed by atoms with van der Waals surface area (Å²) < 4.78 is 2.45. The summed E-state index contributed by atoms with van der Waals surface area (Å²) in [6.45, 7) is 2.54. The van der Waals surface area contributed by atoms with E-state index in [2.05, 4.69) is 49.5 Å². The van der Waals surface area contributed by atoms with E-state index in [0.29, 0.717) is 24.1 Å². The van der Waals surface area contributed by atoms with Crippen LogP contribution in [-0.4, -0.2) is 32.0 Å². The Hall–Kier alpha value is -3.19. The first-order valence-electron chi connectivity index (χ1n) is 12.6. The van der Waals surface area contributed by atoms with Crippen molar-refractivity contribution in [3.63, 3.8) is 0 Å². The van der Waals surface area contributed by atoms with Gasteiger partial charge >= 0.3 is 0 Å². The summed E-state index contributed by atoms with van der Waals surface area (Å²) in [5.74, 6) is -0.00945. The number of anilines is 1. The Balaban J connectivity index is 1.40. The van der Waals surface area contributed by atoms with Crippen LogP contribution in [-0.2, 0) is 4.79 Å². The Morgan fingerprint density at radius 2 is 1.89 bits per heavy atom. The predicted octanol–water partition coefficient (Wildman–Crippen LogP) is 5.70. The average molecular weight is 488 g/mol. The number of aromatic nitrogens is 2. The van der Waals surface area contributed by atoms with Crippen molar-refractivity contribution in [2.45, 2.75) is 63.6 Å². The Labute approximate surface area is 212 Å². The summed E-state index contributed by atoms with van der Waals surface area (Å²) in [5.41, 5.74) is 4.11. The van der Waals surface area contributed by atoms with Crippen molar-refractivity contribution in [1.82, 2.24) is 19.8 Å². The van der Waals surface area contributed by atoms with Gasteiger partial charge in [0.25, 0.3) is 0 Å². The van der Waals surface area contributed by atoms with Crippen molar-refractivity contribution in [1.29, 1.82) is 0 Å². The van der Waals surface area contributed by atoms with E-state index in [-0.39, 0.29) is 18.0 Å². The minimum absolute atomic E-state index is 0.00945. The van der Waals surface area contributed by atoms with Crippen molar-refractivity contribution in [3.8, 4) is 0 Å². The van der Waals surface area contributed by atoms with Crippen molar-refractivity contribution in [2.24, 2.45) is 0 Å². The summed E-state index contributed by atoms with van der Waals surface area (Å²) in [6, 6.07) is 18.6. The number of nitrogens with one attached hydrogen (secondary N) is 2. The molecule has 1 saturated heterocycles. The van der Waals surface area contributed by atoms with E-state index < -0.39 is 0 Å². The van der Waals surface area contributed by atoms with E-state index in [0.717, 1.165) is 16.9 Å². The minimum Gasteiger partial charge on any atom is -0.352 e. The topological polar surface area (TPSA) is 62.2 Å². The molecule has 1 saturated carbocycles. The maximum atomic E-state index is 12.9. The first-order valence-corrected chi connectivity index (χ1v) is 13.0. The molecule has 0 radical (unpaired) electrons. The van der Waals surface area contributed by atoms with Gasteiger partial charge in [-0.05, 0) is 67.9 Å². The van der Waals surface area contributed by atoms with Gasteiger partial charge in [0.2, 0.25) is 5.91 Å². The maximum Gasteiger partial charge on any atom is 0.226 e. The molecule has 3 aromatic rings. The summed E-state index contributed by atoms with van der Waals surface area (Å²) in [4.78, 5) is 19.7. The molecule has 0 spiro atoms. The molecule has 2 atom stereocenters. The van der Waals surface area contributed by atoms with Crippen molar-refractivity contribution in [2.75, 3.05) is 11.9 Å². The molecule has 35 heavy (non-hydrogen) atoms. The zero-order valence-electron chi connectivity index (χ0n) is 20.2. The second-order valence-corrected chi connectivity index (χ2v) is 9.95. The van der Waals surface area contributed by atoms with E-state index in [4.69, 9.17) is 12.2 Å². The lowest BCUT2D eigenvalue weighted by Crippen LogP contribution is -2.34. The summed E-state index contributed by atoms with van der Waals surface area (Å²) in [6.07, 6.45) is 10.7. The molecule has 1 aliphatic heterocycles. The third kappa shape index (κ3) is 5.10. The number of aryl methyl sites for hydroxylation is 1. The third-order valence-corrected chi connectivity index (χ3v) is 7.63. The summed E-state index contributed by atoms with van der Waals surface area (Å²) >= 11 is 5.82. The minimum atomic E-state index is -0.0691. The number of amides is 1. The van der Waals surface area contributed by atoms with Gasteiger partial charge in [-0.3, -0.25) is 9.78 Å². The first kappa shape index (κ1) is 23.5. The number of rotatable bonds is 7. The highest BCUT2D eigenvalue weighted by atomic mass is 32.1. The van der Waals surface area contributed by atoms with Crippen LogP contribution >= 0.6 is 12.2 Å². The average Bonchev–Trinajstić information content (AvgIpc) is 3.49. The zero-order valence-corrected chi connectivity index (χ0v) is 21.0. The number of carbonyl (C=O) groups is 1. The molecule has 1 amide bonds. The highest BCUT2D eigenvalue weighted by Gasteiger charge is 2.41. The van der Waals surface area contributed by atoms with Crippen LogP contribution in [0.25, 0.3) is 0 Å². The van der Waals surface area contributed by atoms with E-state index in [1.54, 1.807) is 0 Å². The normalized spacial score (nSPS) is 20.6. The van der Waals surface area contributed by atoms with Crippen molar-refractivity contribution < 1.29 is 4.79 Å². The van der Waals surface area contributed by atoms with E-state index >= 15 is 0 Å². The molecule has 3 heterocycles. The van der Waals surface area contributed by atoms with E-state index in [1.165, 1.54) is 37.8 Å². The highest BCUT2D eigenvalue weighted by Crippen LogP contribution is 2.41. The second-order valence-electron chi connectivity index (χ2n) is 9.57. The van der Waals surface area contributed by atoms with Gasteiger partial charge in [0.15, 0.2) is 5.11 Å². The molecule has 0 unspecified atom stereocenters. The number of pyridine rings is 1. The number of carbonyl (C=O) groups excluding carboxylic acids is 1. The Bertz CT molecular complexity index is 1170. The zero-order chi connectivity index (χ0) is 24.2. The Morgan fingerprint density at radius 3 is 2.66 bits per heavy atom. The molecular weight excluding hydrogens is 454 g/mol. The fourth-order valence-corrected chi connectivity index (χ4v) is 5.80. The lowest BCUT2D eigenvalue weighted by atomic mass is 9.94.